The van der Waals surface area contributed by atoms with Gasteiger partial charge in [-0.2, -0.15) is 13.2 Å². The zero-order valence-electron chi connectivity index (χ0n) is 17.2. The summed E-state index contributed by atoms with van der Waals surface area (Å²) in [5.41, 5.74) is 2.45. The maximum absolute atomic E-state index is 13.1. The molecule has 0 saturated carbocycles. The van der Waals surface area contributed by atoms with E-state index in [1.807, 2.05) is 35.2 Å². The summed E-state index contributed by atoms with van der Waals surface area (Å²) < 4.78 is 44.7. The zero-order valence-corrected chi connectivity index (χ0v) is 17.2. The van der Waals surface area contributed by atoms with Gasteiger partial charge in [0.25, 0.3) is 0 Å². The number of halogens is 3. The van der Waals surface area contributed by atoms with Crippen molar-refractivity contribution in [2.24, 2.45) is 4.99 Å². The SMILES string of the molecule is OC1COCCC1N1C=Nc2c(cc(Cc3ccnc(C(F)(F)F)c3)c3ccccc23)C1. The Bertz CT molecular complexity index is 1180. The fraction of sp³-hybridized carbons (Fsp3) is 0.333. The molecule has 1 N–H and O–H groups in total. The van der Waals surface area contributed by atoms with E-state index in [0.29, 0.717) is 38.2 Å². The standard InChI is InChI=1S/C24H22F3N3O2/c25-24(26,27)22-10-15(5-7-28-22)9-16-11-17-12-30(20-6-8-32-13-21(20)31)14-29-23(17)19-4-2-1-3-18(16)19/h1-5,7,10-11,14,20-21,31H,6,8-9,12-13H2. The number of alkyl halides is 3. The molecule has 2 aliphatic heterocycles. The predicted molar refractivity (Wildman–Crippen MR) is 115 cm³/mol. The van der Waals surface area contributed by atoms with Crippen LogP contribution in [-0.2, 0) is 23.9 Å². The van der Waals surface area contributed by atoms with Crippen LogP contribution in [-0.4, -0.2) is 46.7 Å². The number of benzene rings is 2. The second-order valence-electron chi connectivity index (χ2n) is 8.23. The van der Waals surface area contributed by atoms with Crippen molar-refractivity contribution in [1.29, 1.82) is 0 Å². The number of aliphatic imine (C=N–C) groups is 1. The predicted octanol–water partition coefficient (Wildman–Crippen LogP) is 4.47. The van der Waals surface area contributed by atoms with Gasteiger partial charge in [0.15, 0.2) is 0 Å². The number of hydrogen-bond donors (Lipinski definition) is 1. The summed E-state index contributed by atoms with van der Waals surface area (Å²) in [7, 11) is 0. The topological polar surface area (TPSA) is 58.0 Å². The largest absolute Gasteiger partial charge is 0.433 e. The molecule has 2 aromatic carbocycles. The van der Waals surface area contributed by atoms with Crippen LogP contribution in [0, 0.1) is 0 Å². The van der Waals surface area contributed by atoms with Crippen molar-refractivity contribution in [2.45, 2.75) is 37.7 Å². The van der Waals surface area contributed by atoms with E-state index in [-0.39, 0.29) is 6.04 Å². The lowest BCUT2D eigenvalue weighted by molar-refractivity contribution is -0.141. The number of aliphatic hydroxyl groups excluding tert-OH is 1. The molecule has 0 amide bonds. The van der Waals surface area contributed by atoms with Gasteiger partial charge in [-0.05, 0) is 47.1 Å². The summed E-state index contributed by atoms with van der Waals surface area (Å²) in [5, 5.41) is 12.3. The van der Waals surface area contributed by atoms with Gasteiger partial charge in [-0.25, -0.2) is 4.99 Å². The molecule has 1 fully saturated rings. The molecular formula is C24H22F3N3O2. The van der Waals surface area contributed by atoms with Crippen molar-refractivity contribution in [1.82, 2.24) is 9.88 Å². The van der Waals surface area contributed by atoms with Crippen LogP contribution < -0.4 is 0 Å². The van der Waals surface area contributed by atoms with Gasteiger partial charge in [-0.1, -0.05) is 30.3 Å². The molecule has 3 heterocycles. The van der Waals surface area contributed by atoms with Crippen molar-refractivity contribution >= 4 is 22.8 Å². The van der Waals surface area contributed by atoms with Gasteiger partial charge in [0.05, 0.1) is 30.8 Å². The minimum atomic E-state index is -4.48. The summed E-state index contributed by atoms with van der Waals surface area (Å²) in [4.78, 5) is 10.2. The smallest absolute Gasteiger partial charge is 0.389 e. The quantitative estimate of drug-likeness (QED) is 0.652. The summed E-state index contributed by atoms with van der Waals surface area (Å²) in [6.45, 7) is 1.46. The van der Waals surface area contributed by atoms with E-state index < -0.39 is 18.0 Å². The Hall–Kier alpha value is -2.97. The van der Waals surface area contributed by atoms with Crippen LogP contribution in [0.1, 0.15) is 28.8 Å². The van der Waals surface area contributed by atoms with Gasteiger partial charge in [0.1, 0.15) is 5.69 Å². The van der Waals surface area contributed by atoms with Crippen molar-refractivity contribution in [3.63, 3.8) is 0 Å². The van der Waals surface area contributed by atoms with Gasteiger partial charge in [-0.15, -0.1) is 0 Å². The number of aromatic nitrogens is 1. The highest BCUT2D eigenvalue weighted by Crippen LogP contribution is 2.37. The molecule has 0 bridgehead atoms. The Labute approximate surface area is 183 Å². The third-order valence-electron chi connectivity index (χ3n) is 6.09. The molecule has 5 nitrogen and oxygen atoms in total. The van der Waals surface area contributed by atoms with E-state index in [2.05, 4.69) is 4.98 Å². The second-order valence-corrected chi connectivity index (χ2v) is 8.23. The van der Waals surface area contributed by atoms with Crippen LogP contribution in [0.25, 0.3) is 10.8 Å². The number of pyridine rings is 1. The van der Waals surface area contributed by atoms with Gasteiger partial charge >= 0.3 is 6.18 Å². The minimum Gasteiger partial charge on any atom is -0.389 e. The average Bonchev–Trinajstić information content (AvgIpc) is 2.79. The van der Waals surface area contributed by atoms with E-state index in [1.165, 1.54) is 6.20 Å². The highest BCUT2D eigenvalue weighted by atomic mass is 19.4. The number of aliphatic hydroxyl groups is 1. The van der Waals surface area contributed by atoms with Crippen molar-refractivity contribution in [3.8, 4) is 0 Å². The Morgan fingerprint density at radius 3 is 2.72 bits per heavy atom. The summed E-state index contributed by atoms with van der Waals surface area (Å²) in [5.74, 6) is 0. The van der Waals surface area contributed by atoms with Gasteiger partial charge in [0.2, 0.25) is 0 Å². The lowest BCUT2D eigenvalue weighted by Gasteiger charge is -2.38. The van der Waals surface area contributed by atoms with Crippen molar-refractivity contribution < 1.29 is 23.0 Å². The van der Waals surface area contributed by atoms with Gasteiger partial charge in [-0.3, -0.25) is 4.98 Å². The third kappa shape index (κ3) is 3.96. The van der Waals surface area contributed by atoms with E-state index >= 15 is 0 Å². The lowest BCUT2D eigenvalue weighted by atomic mass is 9.93. The molecule has 166 valence electrons. The summed E-state index contributed by atoms with van der Waals surface area (Å²) in [6.07, 6.45) is -1.02. The molecular weight excluding hydrogens is 419 g/mol. The maximum Gasteiger partial charge on any atom is 0.433 e. The number of rotatable bonds is 3. The fourth-order valence-corrected chi connectivity index (χ4v) is 4.55. The zero-order chi connectivity index (χ0) is 22.3. The first kappa shape index (κ1) is 20.9. The molecule has 0 radical (unpaired) electrons. The average molecular weight is 441 g/mol. The van der Waals surface area contributed by atoms with Crippen molar-refractivity contribution in [2.75, 3.05) is 13.2 Å². The molecule has 0 spiro atoms. The normalized spacial score (nSPS) is 21.1. The van der Waals surface area contributed by atoms with Crippen LogP contribution in [0.4, 0.5) is 18.9 Å². The Kier molecular flexibility index (Phi) is 5.35. The molecule has 0 aliphatic carbocycles. The van der Waals surface area contributed by atoms with E-state index in [9.17, 15) is 18.3 Å². The van der Waals surface area contributed by atoms with Gasteiger partial charge < -0.3 is 14.7 Å². The lowest BCUT2D eigenvalue weighted by Crippen LogP contribution is -2.48. The molecule has 8 heteroatoms. The highest BCUT2D eigenvalue weighted by Gasteiger charge is 2.33. The molecule has 3 aromatic rings. The number of fused-ring (bicyclic) bond motifs is 3. The van der Waals surface area contributed by atoms with Gasteiger partial charge in [0, 0.05) is 24.7 Å². The Balaban J connectivity index is 1.52. The molecule has 1 aromatic heterocycles. The number of nitrogens with zero attached hydrogens (tertiary/aromatic N) is 3. The third-order valence-corrected chi connectivity index (χ3v) is 6.09. The Morgan fingerprint density at radius 2 is 1.94 bits per heavy atom. The molecule has 1 saturated heterocycles. The first-order chi connectivity index (χ1) is 15.4. The summed E-state index contributed by atoms with van der Waals surface area (Å²) >= 11 is 0. The maximum atomic E-state index is 13.1. The molecule has 2 unspecified atom stereocenters. The minimum absolute atomic E-state index is 0.0786. The van der Waals surface area contributed by atoms with Crippen LogP contribution in [0.2, 0.25) is 0 Å². The number of ether oxygens (including phenoxy) is 1. The van der Waals surface area contributed by atoms with E-state index in [1.54, 1.807) is 12.4 Å². The van der Waals surface area contributed by atoms with E-state index in [0.717, 1.165) is 33.7 Å². The molecule has 2 atom stereocenters. The first-order valence-corrected chi connectivity index (χ1v) is 10.5. The Morgan fingerprint density at radius 1 is 1.12 bits per heavy atom. The van der Waals surface area contributed by atoms with Crippen molar-refractivity contribution in [3.05, 3.63) is 71.0 Å². The molecule has 32 heavy (non-hydrogen) atoms. The molecule has 5 rings (SSSR count). The van der Waals surface area contributed by atoms with Crippen LogP contribution in [0.3, 0.4) is 0 Å². The highest BCUT2D eigenvalue weighted by molar-refractivity contribution is 5.98. The fourth-order valence-electron chi connectivity index (χ4n) is 4.55. The first-order valence-electron chi connectivity index (χ1n) is 10.5. The monoisotopic (exact) mass is 441 g/mol. The second kappa shape index (κ2) is 8.18. The van der Waals surface area contributed by atoms with Crippen LogP contribution >= 0.6 is 0 Å². The number of hydrogen-bond acceptors (Lipinski definition) is 5. The van der Waals surface area contributed by atoms with Crippen LogP contribution in [0.15, 0.2) is 53.7 Å². The summed E-state index contributed by atoms with van der Waals surface area (Å²) in [6, 6.07) is 12.5. The van der Waals surface area contributed by atoms with E-state index in [4.69, 9.17) is 9.73 Å². The van der Waals surface area contributed by atoms with Crippen LogP contribution in [0.5, 0.6) is 0 Å². The molecule has 2 aliphatic rings.